The molecule has 0 saturated carbocycles. The van der Waals surface area contributed by atoms with Crippen LogP contribution in [0.15, 0.2) is 18.2 Å². The monoisotopic (exact) mass is 338 g/mol. The molecule has 1 unspecified atom stereocenters. The molecule has 6 nitrogen and oxygen atoms in total. The highest BCUT2D eigenvalue weighted by atomic mass is 16.2. The van der Waals surface area contributed by atoms with Crippen molar-refractivity contribution in [3.63, 3.8) is 0 Å². The van der Waals surface area contributed by atoms with Crippen LogP contribution in [0.4, 0.5) is 0 Å². The Morgan fingerprint density at radius 3 is 2.72 bits per heavy atom. The topological polar surface area (TPSA) is 83.6 Å². The van der Waals surface area contributed by atoms with Crippen molar-refractivity contribution >= 4 is 23.6 Å². The Hall–Kier alpha value is -2.94. The van der Waals surface area contributed by atoms with Gasteiger partial charge in [-0.1, -0.05) is 31.3 Å². The summed E-state index contributed by atoms with van der Waals surface area (Å²) in [5.41, 5.74) is 1.01. The minimum atomic E-state index is -0.953. The second kappa shape index (κ2) is 6.89. The Balaban J connectivity index is 1.92. The number of nitrogens with one attached hydrogen (secondary N) is 1. The highest BCUT2D eigenvalue weighted by Crippen LogP contribution is 2.29. The zero-order valence-electron chi connectivity index (χ0n) is 13.9. The maximum atomic E-state index is 12.8. The summed E-state index contributed by atoms with van der Waals surface area (Å²) in [5, 5.41) is 2.19. The first kappa shape index (κ1) is 16.9. The fourth-order valence-electron chi connectivity index (χ4n) is 3.04. The Bertz CT molecular complexity index is 832. The van der Waals surface area contributed by atoms with Crippen molar-refractivity contribution in [2.75, 3.05) is 0 Å². The highest BCUT2D eigenvalue weighted by molar-refractivity contribution is 6.24. The molecule has 1 saturated heterocycles. The minimum absolute atomic E-state index is 0.105. The first-order valence-electron chi connectivity index (χ1n) is 8.38. The standard InChI is InChI=1S/C19H18N2O4/c1-2-3-4-5-7-12-8-6-9-13-16(12)19(25)21(18(13)24)14-10-11-15(22)20-17(14)23/h6,8-9,14H,2-4,10-11H2,1H3,(H,20,22,23). The van der Waals surface area contributed by atoms with Crippen LogP contribution in [0.3, 0.4) is 0 Å². The van der Waals surface area contributed by atoms with Gasteiger partial charge in [0.2, 0.25) is 11.8 Å². The third kappa shape index (κ3) is 3.05. The number of piperidine rings is 1. The molecule has 2 aliphatic heterocycles. The molecule has 2 aliphatic rings. The predicted molar refractivity (Wildman–Crippen MR) is 89.5 cm³/mol. The molecular weight excluding hydrogens is 320 g/mol. The maximum absolute atomic E-state index is 12.8. The molecule has 1 atom stereocenters. The number of unbranched alkanes of at least 4 members (excludes halogenated alkanes) is 2. The fraction of sp³-hybridized carbons (Fsp3) is 0.368. The van der Waals surface area contributed by atoms with Gasteiger partial charge in [-0.25, -0.2) is 0 Å². The Morgan fingerprint density at radius 2 is 2.00 bits per heavy atom. The summed E-state index contributed by atoms with van der Waals surface area (Å²) < 4.78 is 0. The number of hydrogen-bond donors (Lipinski definition) is 1. The van der Waals surface area contributed by atoms with E-state index in [0.717, 1.165) is 24.2 Å². The second-order valence-corrected chi connectivity index (χ2v) is 6.08. The molecule has 0 spiro atoms. The van der Waals surface area contributed by atoms with Crippen molar-refractivity contribution in [3.05, 3.63) is 34.9 Å². The van der Waals surface area contributed by atoms with E-state index in [1.165, 1.54) is 0 Å². The smallest absolute Gasteiger partial charge is 0.263 e. The number of fused-ring (bicyclic) bond motifs is 1. The third-order valence-electron chi connectivity index (χ3n) is 4.35. The van der Waals surface area contributed by atoms with Crippen molar-refractivity contribution in [3.8, 4) is 11.8 Å². The van der Waals surface area contributed by atoms with E-state index in [0.29, 0.717) is 5.56 Å². The largest absolute Gasteiger partial charge is 0.295 e. The van der Waals surface area contributed by atoms with Crippen molar-refractivity contribution in [1.82, 2.24) is 10.2 Å². The fourth-order valence-corrected chi connectivity index (χ4v) is 3.04. The maximum Gasteiger partial charge on any atom is 0.263 e. The summed E-state index contributed by atoms with van der Waals surface area (Å²) in [4.78, 5) is 49.8. The van der Waals surface area contributed by atoms with E-state index in [2.05, 4.69) is 24.1 Å². The Kier molecular flexibility index (Phi) is 4.66. The SMILES string of the molecule is CCCCC#Cc1cccc2c1C(=O)N(C1CCC(=O)NC1=O)C2=O. The summed E-state index contributed by atoms with van der Waals surface area (Å²) in [6, 6.07) is 4.00. The van der Waals surface area contributed by atoms with Gasteiger partial charge in [-0.05, 0) is 25.0 Å². The van der Waals surface area contributed by atoms with Crippen molar-refractivity contribution in [2.45, 2.75) is 45.1 Å². The Labute approximate surface area is 145 Å². The van der Waals surface area contributed by atoms with Gasteiger partial charge in [-0.3, -0.25) is 29.4 Å². The average molecular weight is 338 g/mol. The molecule has 0 aromatic heterocycles. The molecule has 2 heterocycles. The van der Waals surface area contributed by atoms with E-state index < -0.39 is 23.8 Å². The first-order valence-corrected chi connectivity index (χ1v) is 8.38. The first-order chi connectivity index (χ1) is 12.0. The summed E-state index contributed by atoms with van der Waals surface area (Å²) in [6.45, 7) is 2.07. The molecule has 1 N–H and O–H groups in total. The summed E-state index contributed by atoms with van der Waals surface area (Å²) in [7, 11) is 0. The number of nitrogens with zero attached hydrogens (tertiary/aromatic N) is 1. The lowest BCUT2D eigenvalue weighted by Gasteiger charge is -2.27. The summed E-state index contributed by atoms with van der Waals surface area (Å²) in [5.74, 6) is 3.96. The summed E-state index contributed by atoms with van der Waals surface area (Å²) >= 11 is 0. The number of carbonyl (C=O) groups excluding carboxylic acids is 4. The molecule has 4 amide bonds. The summed E-state index contributed by atoms with van der Waals surface area (Å²) in [6.07, 6.45) is 2.97. The molecule has 6 heteroatoms. The lowest BCUT2D eigenvalue weighted by atomic mass is 10.0. The molecule has 0 aliphatic carbocycles. The molecule has 3 rings (SSSR count). The second-order valence-electron chi connectivity index (χ2n) is 6.08. The number of hydrogen-bond acceptors (Lipinski definition) is 4. The van der Waals surface area contributed by atoms with Gasteiger partial charge in [0.1, 0.15) is 6.04 Å². The number of benzene rings is 1. The van der Waals surface area contributed by atoms with Gasteiger partial charge in [0.05, 0.1) is 11.1 Å². The molecule has 0 bridgehead atoms. The van der Waals surface area contributed by atoms with Gasteiger partial charge in [-0.15, -0.1) is 0 Å². The number of imide groups is 2. The van der Waals surface area contributed by atoms with Crippen LogP contribution in [0.1, 0.15) is 65.3 Å². The van der Waals surface area contributed by atoms with Gasteiger partial charge < -0.3 is 0 Å². The van der Waals surface area contributed by atoms with Crippen molar-refractivity contribution in [1.29, 1.82) is 0 Å². The van der Waals surface area contributed by atoms with Crippen LogP contribution >= 0.6 is 0 Å². The van der Waals surface area contributed by atoms with Crippen LogP contribution in [-0.2, 0) is 9.59 Å². The van der Waals surface area contributed by atoms with E-state index in [-0.39, 0.29) is 29.9 Å². The van der Waals surface area contributed by atoms with Crippen molar-refractivity contribution in [2.24, 2.45) is 0 Å². The van der Waals surface area contributed by atoms with Gasteiger partial charge in [0.15, 0.2) is 0 Å². The van der Waals surface area contributed by atoms with Gasteiger partial charge in [-0.2, -0.15) is 0 Å². The van der Waals surface area contributed by atoms with Gasteiger partial charge >= 0.3 is 0 Å². The van der Waals surface area contributed by atoms with E-state index in [9.17, 15) is 19.2 Å². The van der Waals surface area contributed by atoms with Crippen LogP contribution in [-0.4, -0.2) is 34.6 Å². The highest BCUT2D eigenvalue weighted by Gasteiger charge is 2.45. The zero-order chi connectivity index (χ0) is 18.0. The van der Waals surface area contributed by atoms with Crippen LogP contribution < -0.4 is 5.32 Å². The number of rotatable bonds is 3. The predicted octanol–water partition coefficient (Wildman–Crippen LogP) is 1.63. The van der Waals surface area contributed by atoms with Crippen LogP contribution in [0.2, 0.25) is 0 Å². The molecule has 1 aromatic rings. The lowest BCUT2D eigenvalue weighted by molar-refractivity contribution is -0.136. The third-order valence-corrected chi connectivity index (χ3v) is 4.35. The van der Waals surface area contributed by atoms with Crippen LogP contribution in [0.25, 0.3) is 0 Å². The normalized spacial score (nSPS) is 19.4. The van der Waals surface area contributed by atoms with E-state index in [4.69, 9.17) is 0 Å². The van der Waals surface area contributed by atoms with Gasteiger partial charge in [0, 0.05) is 18.4 Å². The lowest BCUT2D eigenvalue weighted by Crippen LogP contribution is -2.54. The van der Waals surface area contributed by atoms with Crippen LogP contribution in [0, 0.1) is 11.8 Å². The van der Waals surface area contributed by atoms with Gasteiger partial charge in [0.25, 0.3) is 11.8 Å². The van der Waals surface area contributed by atoms with E-state index in [1.807, 2.05) is 0 Å². The molecule has 1 aromatic carbocycles. The quantitative estimate of drug-likeness (QED) is 0.516. The molecule has 1 fully saturated rings. The minimum Gasteiger partial charge on any atom is -0.295 e. The molecular formula is C19H18N2O4. The molecule has 128 valence electrons. The number of amides is 4. The average Bonchev–Trinajstić information content (AvgIpc) is 2.84. The van der Waals surface area contributed by atoms with E-state index >= 15 is 0 Å². The Morgan fingerprint density at radius 1 is 1.20 bits per heavy atom. The molecule has 0 radical (unpaired) electrons. The van der Waals surface area contributed by atoms with E-state index in [1.54, 1.807) is 18.2 Å². The van der Waals surface area contributed by atoms with Crippen molar-refractivity contribution < 1.29 is 19.2 Å². The number of carbonyl (C=O) groups is 4. The zero-order valence-corrected chi connectivity index (χ0v) is 13.9. The molecule has 25 heavy (non-hydrogen) atoms. The van der Waals surface area contributed by atoms with Crippen LogP contribution in [0.5, 0.6) is 0 Å².